The molecule has 0 amide bonds. The average Bonchev–Trinajstić information content (AvgIpc) is 3.08. The summed E-state index contributed by atoms with van der Waals surface area (Å²) in [6.45, 7) is 7.32. The highest BCUT2D eigenvalue weighted by Gasteiger charge is 2.45. The van der Waals surface area contributed by atoms with Gasteiger partial charge in [0.15, 0.2) is 5.96 Å². The van der Waals surface area contributed by atoms with E-state index in [2.05, 4.69) is 24.5 Å². The summed E-state index contributed by atoms with van der Waals surface area (Å²) in [6.07, 6.45) is 8.19. The normalized spacial score (nSPS) is 27.5. The number of hydrogen-bond acceptors (Lipinski definition) is 4. The highest BCUT2D eigenvalue weighted by Crippen LogP contribution is 2.42. The van der Waals surface area contributed by atoms with E-state index in [1.54, 1.807) is 7.11 Å². The van der Waals surface area contributed by atoms with Crippen LogP contribution >= 0.6 is 35.7 Å². The molecule has 0 heterocycles. The van der Waals surface area contributed by atoms with Gasteiger partial charge in [-0.15, -0.1) is 24.0 Å². The fourth-order valence-electron chi connectivity index (χ4n) is 3.99. The first kappa shape index (κ1) is 24.3. The van der Waals surface area contributed by atoms with Gasteiger partial charge in [-0.1, -0.05) is 19.8 Å². The van der Waals surface area contributed by atoms with Crippen molar-refractivity contribution in [3.05, 3.63) is 0 Å². The maximum atomic E-state index is 10.8. The predicted molar refractivity (Wildman–Crippen MR) is 123 cm³/mol. The maximum Gasteiger partial charge on any atom is 0.191 e. The molecule has 2 aliphatic rings. The summed E-state index contributed by atoms with van der Waals surface area (Å²) < 4.78 is 5.32. The van der Waals surface area contributed by atoms with E-state index in [0.29, 0.717) is 17.2 Å². The van der Waals surface area contributed by atoms with Crippen LogP contribution in [0.5, 0.6) is 0 Å². The molecule has 2 unspecified atom stereocenters. The van der Waals surface area contributed by atoms with Gasteiger partial charge in [0, 0.05) is 38.6 Å². The van der Waals surface area contributed by atoms with Gasteiger partial charge in [0.2, 0.25) is 0 Å². The molecule has 2 atom stereocenters. The van der Waals surface area contributed by atoms with Crippen molar-refractivity contribution in [3.8, 4) is 0 Å². The Morgan fingerprint density at radius 1 is 1.23 bits per heavy atom. The molecule has 0 saturated heterocycles. The molecule has 7 heteroatoms. The second-order valence-corrected chi connectivity index (χ2v) is 9.06. The zero-order chi connectivity index (χ0) is 18.2. The van der Waals surface area contributed by atoms with Gasteiger partial charge in [-0.3, -0.25) is 4.99 Å². The average molecular weight is 500 g/mol. The molecule has 0 aromatic heterocycles. The lowest BCUT2D eigenvalue weighted by molar-refractivity contribution is -0.0198. The van der Waals surface area contributed by atoms with Crippen LogP contribution in [0.1, 0.15) is 58.8 Å². The van der Waals surface area contributed by atoms with Crippen LogP contribution in [0.3, 0.4) is 0 Å². The van der Waals surface area contributed by atoms with Crippen LogP contribution in [0.15, 0.2) is 4.99 Å². The maximum absolute atomic E-state index is 10.8. The van der Waals surface area contributed by atoms with E-state index < -0.39 is 5.60 Å². The van der Waals surface area contributed by atoms with Crippen LogP contribution in [-0.2, 0) is 4.74 Å². The third kappa shape index (κ3) is 6.71. The molecular weight excluding hydrogens is 461 g/mol. The zero-order valence-corrected chi connectivity index (χ0v) is 19.8. The molecule has 5 nitrogen and oxygen atoms in total. The SMILES string of the molecule is CCNC(=NCC1(CCOC)CCCC1)NCC1(O)CCC1SCC.I. The summed E-state index contributed by atoms with van der Waals surface area (Å²) >= 11 is 1.87. The van der Waals surface area contributed by atoms with Crippen molar-refractivity contribution in [2.75, 3.05) is 39.1 Å². The van der Waals surface area contributed by atoms with Crippen molar-refractivity contribution in [2.24, 2.45) is 10.4 Å². The van der Waals surface area contributed by atoms with Crippen molar-refractivity contribution in [1.82, 2.24) is 10.6 Å². The number of ether oxygens (including phenoxy) is 1. The molecule has 26 heavy (non-hydrogen) atoms. The first-order valence-corrected chi connectivity index (χ1v) is 11.0. The van der Waals surface area contributed by atoms with E-state index in [1.165, 1.54) is 25.7 Å². The molecule has 0 spiro atoms. The molecule has 2 rings (SSSR count). The van der Waals surface area contributed by atoms with Crippen molar-refractivity contribution in [1.29, 1.82) is 0 Å². The highest BCUT2D eigenvalue weighted by molar-refractivity contribution is 14.0. The lowest BCUT2D eigenvalue weighted by Gasteiger charge is -2.45. The summed E-state index contributed by atoms with van der Waals surface area (Å²) in [5.74, 6) is 1.90. The number of nitrogens with zero attached hydrogens (tertiary/aromatic N) is 1. The molecule has 0 aromatic rings. The number of rotatable bonds is 10. The molecule has 0 bridgehead atoms. The minimum absolute atomic E-state index is 0. The number of guanidine groups is 1. The van der Waals surface area contributed by atoms with Crippen LogP contribution in [0.25, 0.3) is 0 Å². The third-order valence-electron chi connectivity index (χ3n) is 5.79. The van der Waals surface area contributed by atoms with Gasteiger partial charge in [-0.05, 0) is 50.2 Å². The molecule has 2 fully saturated rings. The van der Waals surface area contributed by atoms with E-state index in [9.17, 15) is 5.11 Å². The molecule has 3 N–H and O–H groups in total. The fourth-order valence-corrected chi connectivity index (χ4v) is 5.19. The topological polar surface area (TPSA) is 65.9 Å². The molecule has 0 aliphatic heterocycles. The van der Waals surface area contributed by atoms with Gasteiger partial charge < -0.3 is 20.5 Å². The lowest BCUT2D eigenvalue weighted by atomic mass is 9.79. The van der Waals surface area contributed by atoms with Gasteiger partial charge in [-0.2, -0.15) is 11.8 Å². The zero-order valence-electron chi connectivity index (χ0n) is 16.7. The quantitative estimate of drug-likeness (QED) is 0.244. The summed E-state index contributed by atoms with van der Waals surface area (Å²) in [5, 5.41) is 17.9. The van der Waals surface area contributed by atoms with E-state index in [4.69, 9.17) is 9.73 Å². The Morgan fingerprint density at radius 2 is 1.96 bits per heavy atom. The smallest absolute Gasteiger partial charge is 0.191 e. The largest absolute Gasteiger partial charge is 0.387 e. The van der Waals surface area contributed by atoms with Crippen molar-refractivity contribution in [2.45, 2.75) is 69.6 Å². The summed E-state index contributed by atoms with van der Waals surface area (Å²) in [4.78, 5) is 4.87. The van der Waals surface area contributed by atoms with E-state index in [0.717, 1.165) is 50.7 Å². The number of methoxy groups -OCH3 is 1. The number of aliphatic imine (C=N–C) groups is 1. The van der Waals surface area contributed by atoms with Crippen molar-refractivity contribution >= 4 is 41.7 Å². The predicted octanol–water partition coefficient (Wildman–Crippen LogP) is 3.40. The molecule has 0 aromatic carbocycles. The molecule has 0 radical (unpaired) electrons. The van der Waals surface area contributed by atoms with E-state index >= 15 is 0 Å². The first-order valence-electron chi connectivity index (χ1n) is 9.92. The first-order chi connectivity index (χ1) is 12.1. The molecule has 154 valence electrons. The van der Waals surface area contributed by atoms with Crippen LogP contribution < -0.4 is 10.6 Å². The number of halogens is 1. The van der Waals surface area contributed by atoms with Crippen LogP contribution in [0.4, 0.5) is 0 Å². The van der Waals surface area contributed by atoms with Gasteiger partial charge in [0.05, 0.1) is 5.60 Å². The lowest BCUT2D eigenvalue weighted by Crippen LogP contribution is -2.58. The van der Waals surface area contributed by atoms with Crippen LogP contribution in [0, 0.1) is 5.41 Å². The number of thioether (sulfide) groups is 1. The minimum Gasteiger partial charge on any atom is -0.387 e. The Kier molecular flexibility index (Phi) is 11.2. The van der Waals surface area contributed by atoms with Crippen molar-refractivity contribution in [3.63, 3.8) is 0 Å². The van der Waals surface area contributed by atoms with Gasteiger partial charge in [0.25, 0.3) is 0 Å². The Labute approximate surface area is 180 Å². The third-order valence-corrected chi connectivity index (χ3v) is 7.20. The second kappa shape index (κ2) is 12.0. The summed E-state index contributed by atoms with van der Waals surface area (Å²) in [5.41, 5.74) is -0.287. The monoisotopic (exact) mass is 499 g/mol. The van der Waals surface area contributed by atoms with Crippen LogP contribution in [-0.4, -0.2) is 61.0 Å². The highest BCUT2D eigenvalue weighted by atomic mass is 127. The van der Waals surface area contributed by atoms with Gasteiger partial charge in [0.1, 0.15) is 0 Å². The summed E-state index contributed by atoms with van der Waals surface area (Å²) in [6, 6.07) is 0. The summed E-state index contributed by atoms with van der Waals surface area (Å²) in [7, 11) is 1.78. The Morgan fingerprint density at radius 3 is 2.50 bits per heavy atom. The van der Waals surface area contributed by atoms with E-state index in [1.807, 2.05) is 11.8 Å². The fraction of sp³-hybridized carbons (Fsp3) is 0.947. The van der Waals surface area contributed by atoms with Crippen LogP contribution in [0.2, 0.25) is 0 Å². The molecule has 2 aliphatic carbocycles. The Hall–Kier alpha value is 0.270. The van der Waals surface area contributed by atoms with Crippen molar-refractivity contribution < 1.29 is 9.84 Å². The molecular formula is C19H38IN3O2S. The Balaban J connectivity index is 0.00000338. The number of aliphatic hydroxyl groups is 1. The minimum atomic E-state index is -0.585. The standard InChI is InChI=1S/C19H37N3O2S.HI/c1-4-20-17(22-15-19(23)11-8-16(19)25-5-2)21-14-18(12-13-24-3)9-6-7-10-18;/h16,23H,4-15H2,1-3H3,(H2,20,21,22);1H. The second-order valence-electron chi connectivity index (χ2n) is 7.58. The van der Waals surface area contributed by atoms with Gasteiger partial charge >= 0.3 is 0 Å². The number of nitrogens with one attached hydrogen (secondary N) is 2. The molecule has 2 saturated carbocycles. The number of hydrogen-bond donors (Lipinski definition) is 3. The Bertz CT molecular complexity index is 433. The van der Waals surface area contributed by atoms with Gasteiger partial charge in [-0.25, -0.2) is 0 Å². The van der Waals surface area contributed by atoms with E-state index in [-0.39, 0.29) is 24.0 Å².